The number of oxime groups is 1. The molecule has 0 aliphatic carbocycles. The maximum Gasteiger partial charge on any atom is 0.289 e. The number of nitrogens with zero attached hydrogens (tertiary/aromatic N) is 2. The van der Waals surface area contributed by atoms with Gasteiger partial charge in [0.05, 0.1) is 5.69 Å². The van der Waals surface area contributed by atoms with Crippen molar-refractivity contribution in [1.82, 2.24) is 10.3 Å². The molecule has 1 amide bonds. The number of aryl methyl sites for hydroxylation is 1. The number of nitrogens with two attached hydrogens (primary N) is 1. The van der Waals surface area contributed by atoms with Crippen LogP contribution in [0.5, 0.6) is 0 Å². The summed E-state index contributed by atoms with van der Waals surface area (Å²) in [5.74, 6) is -0.0907. The maximum absolute atomic E-state index is 11.8. The van der Waals surface area contributed by atoms with E-state index in [1.165, 1.54) is 6.39 Å². The van der Waals surface area contributed by atoms with Gasteiger partial charge in [-0.25, -0.2) is 4.98 Å². The van der Waals surface area contributed by atoms with Crippen molar-refractivity contribution in [1.29, 1.82) is 0 Å². The van der Waals surface area contributed by atoms with Gasteiger partial charge in [-0.3, -0.25) is 4.79 Å². The average Bonchev–Trinajstić information content (AvgIpc) is 2.74. The third kappa shape index (κ3) is 3.47. The number of oxazole rings is 1. The first-order chi connectivity index (χ1) is 8.08. The number of amides is 1. The van der Waals surface area contributed by atoms with E-state index < -0.39 is 0 Å². The summed E-state index contributed by atoms with van der Waals surface area (Å²) in [6.45, 7) is 3.58. The summed E-state index contributed by atoms with van der Waals surface area (Å²) in [6, 6.07) is -0.206. The number of carbonyl (C=O) groups excluding carboxylic acids is 1. The molecule has 0 fully saturated rings. The van der Waals surface area contributed by atoms with E-state index in [2.05, 4.69) is 15.5 Å². The molecule has 0 saturated heterocycles. The zero-order chi connectivity index (χ0) is 12.8. The lowest BCUT2D eigenvalue weighted by atomic mass is 10.1. The van der Waals surface area contributed by atoms with Crippen LogP contribution in [0.3, 0.4) is 0 Å². The van der Waals surface area contributed by atoms with Gasteiger partial charge >= 0.3 is 0 Å². The highest BCUT2D eigenvalue weighted by molar-refractivity contribution is 5.93. The van der Waals surface area contributed by atoms with Crippen molar-refractivity contribution >= 4 is 11.7 Å². The summed E-state index contributed by atoms with van der Waals surface area (Å²) in [5.41, 5.74) is 5.92. The lowest BCUT2D eigenvalue weighted by Crippen LogP contribution is -2.37. The molecule has 0 aliphatic heterocycles. The molecular weight excluding hydrogens is 224 g/mol. The van der Waals surface area contributed by atoms with Gasteiger partial charge in [0, 0.05) is 12.5 Å². The molecule has 17 heavy (non-hydrogen) atoms. The van der Waals surface area contributed by atoms with Crippen molar-refractivity contribution in [2.75, 3.05) is 0 Å². The lowest BCUT2D eigenvalue weighted by Gasteiger charge is -2.15. The van der Waals surface area contributed by atoms with Crippen molar-refractivity contribution in [3.63, 3.8) is 0 Å². The number of hydrogen-bond donors (Lipinski definition) is 3. The molecule has 7 nitrogen and oxygen atoms in total. The Morgan fingerprint density at radius 2 is 2.47 bits per heavy atom. The Kier molecular flexibility index (Phi) is 4.50. The first-order valence-electron chi connectivity index (χ1n) is 5.25. The normalized spacial score (nSPS) is 13.4. The third-order valence-electron chi connectivity index (χ3n) is 2.36. The van der Waals surface area contributed by atoms with Crippen molar-refractivity contribution in [3.05, 3.63) is 17.8 Å². The van der Waals surface area contributed by atoms with Gasteiger partial charge in [0.1, 0.15) is 5.84 Å². The monoisotopic (exact) mass is 240 g/mol. The fraction of sp³-hybridized carbons (Fsp3) is 0.500. The second-order valence-electron chi connectivity index (χ2n) is 3.64. The van der Waals surface area contributed by atoms with Crippen molar-refractivity contribution in [2.45, 2.75) is 32.7 Å². The summed E-state index contributed by atoms with van der Waals surface area (Å²) in [4.78, 5) is 15.6. The molecule has 0 saturated carbocycles. The van der Waals surface area contributed by atoms with Crippen LogP contribution in [0, 0.1) is 6.92 Å². The molecule has 0 aromatic carbocycles. The van der Waals surface area contributed by atoms with Gasteiger partial charge in [0.2, 0.25) is 5.76 Å². The van der Waals surface area contributed by atoms with Crippen LogP contribution in [0.25, 0.3) is 0 Å². The van der Waals surface area contributed by atoms with Crippen molar-refractivity contribution < 1.29 is 14.4 Å². The fourth-order valence-corrected chi connectivity index (χ4v) is 1.36. The minimum absolute atomic E-state index is 0.0754. The van der Waals surface area contributed by atoms with Crippen LogP contribution in [0.1, 0.15) is 36.0 Å². The summed E-state index contributed by atoms with van der Waals surface area (Å²) in [5, 5.41) is 14.1. The molecule has 1 atom stereocenters. The van der Waals surface area contributed by atoms with Crippen LogP contribution in [0.4, 0.5) is 0 Å². The SMILES string of the molecule is CCC(CC(N)=NO)NC(=O)c1ocnc1C. The molecule has 4 N–H and O–H groups in total. The zero-order valence-electron chi connectivity index (χ0n) is 9.80. The topological polar surface area (TPSA) is 114 Å². The first-order valence-corrected chi connectivity index (χ1v) is 5.25. The quantitative estimate of drug-likeness (QED) is 0.302. The number of hydrogen-bond acceptors (Lipinski definition) is 5. The number of rotatable bonds is 5. The van der Waals surface area contributed by atoms with Gasteiger partial charge in [0.15, 0.2) is 6.39 Å². The van der Waals surface area contributed by atoms with Crippen LogP contribution in [0.15, 0.2) is 16.0 Å². The number of nitrogens with one attached hydrogen (secondary N) is 1. The summed E-state index contributed by atoms with van der Waals surface area (Å²) in [6.07, 6.45) is 2.16. The standard InChI is InChI=1S/C10H16N4O3/c1-3-7(4-8(11)14-16)13-10(15)9-6(2)12-5-17-9/h5,7,16H,3-4H2,1-2H3,(H2,11,14)(H,13,15). The van der Waals surface area contributed by atoms with E-state index in [1.807, 2.05) is 6.92 Å². The van der Waals surface area contributed by atoms with Crippen LogP contribution >= 0.6 is 0 Å². The Labute approximate surface area is 98.7 Å². The molecular formula is C10H16N4O3. The summed E-state index contributed by atoms with van der Waals surface area (Å²) < 4.78 is 4.97. The van der Waals surface area contributed by atoms with E-state index in [0.29, 0.717) is 12.1 Å². The van der Waals surface area contributed by atoms with E-state index in [1.54, 1.807) is 6.92 Å². The summed E-state index contributed by atoms with van der Waals surface area (Å²) in [7, 11) is 0. The molecule has 0 bridgehead atoms. The molecule has 1 aromatic heterocycles. The van der Waals surface area contributed by atoms with Crippen LogP contribution < -0.4 is 11.1 Å². The second-order valence-corrected chi connectivity index (χ2v) is 3.64. The van der Waals surface area contributed by atoms with Crippen molar-refractivity contribution in [3.8, 4) is 0 Å². The van der Waals surface area contributed by atoms with Crippen LogP contribution in [-0.2, 0) is 0 Å². The van der Waals surface area contributed by atoms with Gasteiger partial charge in [-0.15, -0.1) is 0 Å². The Morgan fingerprint density at radius 3 is 2.94 bits per heavy atom. The Bertz CT molecular complexity index is 413. The molecule has 0 spiro atoms. The van der Waals surface area contributed by atoms with Gasteiger partial charge in [-0.05, 0) is 13.3 Å². The molecule has 1 unspecified atom stereocenters. The highest BCUT2D eigenvalue weighted by atomic mass is 16.4. The van der Waals surface area contributed by atoms with E-state index in [0.717, 1.165) is 0 Å². The number of amidine groups is 1. The minimum Gasteiger partial charge on any atom is -0.438 e. The van der Waals surface area contributed by atoms with Crippen LogP contribution in [0.2, 0.25) is 0 Å². The van der Waals surface area contributed by atoms with Crippen molar-refractivity contribution in [2.24, 2.45) is 10.9 Å². The van der Waals surface area contributed by atoms with E-state index >= 15 is 0 Å². The Morgan fingerprint density at radius 1 is 1.76 bits per heavy atom. The minimum atomic E-state index is -0.349. The second kappa shape index (κ2) is 5.88. The highest BCUT2D eigenvalue weighted by Crippen LogP contribution is 2.06. The predicted molar refractivity (Wildman–Crippen MR) is 60.8 cm³/mol. The molecule has 1 rings (SSSR count). The zero-order valence-corrected chi connectivity index (χ0v) is 9.80. The number of aromatic nitrogens is 1. The van der Waals surface area contributed by atoms with Gasteiger partial charge < -0.3 is 20.7 Å². The van der Waals surface area contributed by atoms with Gasteiger partial charge in [0.25, 0.3) is 5.91 Å². The largest absolute Gasteiger partial charge is 0.438 e. The van der Waals surface area contributed by atoms with Crippen LogP contribution in [-0.4, -0.2) is 28.0 Å². The fourth-order valence-electron chi connectivity index (χ4n) is 1.36. The number of carbonyl (C=O) groups is 1. The molecule has 94 valence electrons. The van der Waals surface area contributed by atoms with Gasteiger partial charge in [-0.1, -0.05) is 12.1 Å². The summed E-state index contributed by atoms with van der Waals surface area (Å²) >= 11 is 0. The molecule has 1 aromatic rings. The van der Waals surface area contributed by atoms with E-state index in [4.69, 9.17) is 15.4 Å². The maximum atomic E-state index is 11.8. The Balaban J connectivity index is 2.63. The third-order valence-corrected chi connectivity index (χ3v) is 2.36. The van der Waals surface area contributed by atoms with E-state index in [-0.39, 0.29) is 30.0 Å². The van der Waals surface area contributed by atoms with Gasteiger partial charge in [-0.2, -0.15) is 0 Å². The lowest BCUT2D eigenvalue weighted by molar-refractivity contribution is 0.0908. The molecule has 0 aliphatic rings. The average molecular weight is 240 g/mol. The van der Waals surface area contributed by atoms with E-state index in [9.17, 15) is 4.79 Å². The highest BCUT2D eigenvalue weighted by Gasteiger charge is 2.18. The molecule has 1 heterocycles. The first kappa shape index (κ1) is 13.0. The smallest absolute Gasteiger partial charge is 0.289 e. The molecule has 0 radical (unpaired) electrons. The molecule has 7 heteroatoms. The predicted octanol–water partition coefficient (Wildman–Crippen LogP) is 0.628. The Hall–Kier alpha value is -2.05.